The molecule has 8 heteroatoms. The number of aromatic nitrogens is 4. The van der Waals surface area contributed by atoms with Crippen molar-refractivity contribution >= 4 is 22.8 Å². The van der Waals surface area contributed by atoms with Gasteiger partial charge in [-0.25, -0.2) is 14.4 Å². The summed E-state index contributed by atoms with van der Waals surface area (Å²) in [5.74, 6) is 0.0610. The number of anilines is 1. The van der Waals surface area contributed by atoms with E-state index in [9.17, 15) is 9.18 Å². The number of rotatable bonds is 2. The first-order valence-electron chi connectivity index (χ1n) is 8.49. The number of carbonyl (C=O) groups is 1. The van der Waals surface area contributed by atoms with Crippen molar-refractivity contribution in [2.24, 2.45) is 7.05 Å². The third-order valence-electron chi connectivity index (χ3n) is 4.74. The van der Waals surface area contributed by atoms with Crippen LogP contribution in [-0.4, -0.2) is 56.7 Å². The molecule has 0 bridgehead atoms. The fraction of sp³-hybridized carbons (Fsp3) is 0.333. The van der Waals surface area contributed by atoms with Gasteiger partial charge in [0, 0.05) is 33.2 Å². The van der Waals surface area contributed by atoms with Crippen molar-refractivity contribution in [2.45, 2.75) is 6.92 Å². The lowest BCUT2D eigenvalue weighted by molar-refractivity contribution is 0.0742. The molecule has 1 aromatic carbocycles. The van der Waals surface area contributed by atoms with Crippen LogP contribution in [0.3, 0.4) is 0 Å². The normalized spacial score (nSPS) is 14.9. The highest BCUT2D eigenvalue weighted by atomic mass is 19.1. The summed E-state index contributed by atoms with van der Waals surface area (Å²) in [7, 11) is 1.88. The number of benzene rings is 1. The summed E-state index contributed by atoms with van der Waals surface area (Å²) in [5, 5.41) is 4.42. The Kier molecular flexibility index (Phi) is 4.02. The average molecular weight is 354 g/mol. The van der Waals surface area contributed by atoms with Crippen molar-refractivity contribution < 1.29 is 9.18 Å². The maximum atomic E-state index is 13.9. The van der Waals surface area contributed by atoms with Crippen LogP contribution in [0.25, 0.3) is 11.0 Å². The van der Waals surface area contributed by atoms with E-state index in [0.29, 0.717) is 26.2 Å². The highest BCUT2D eigenvalue weighted by Crippen LogP contribution is 2.25. The van der Waals surface area contributed by atoms with Gasteiger partial charge in [0.1, 0.15) is 23.2 Å². The van der Waals surface area contributed by atoms with Crippen molar-refractivity contribution in [1.29, 1.82) is 0 Å². The molecular weight excluding hydrogens is 335 g/mol. The lowest BCUT2D eigenvalue weighted by atomic mass is 10.1. The highest BCUT2D eigenvalue weighted by Gasteiger charge is 2.26. The topological polar surface area (TPSA) is 67.2 Å². The molecule has 0 radical (unpaired) electrons. The number of carbonyl (C=O) groups excluding carboxylic acids is 1. The van der Waals surface area contributed by atoms with Crippen molar-refractivity contribution in [3.63, 3.8) is 0 Å². The van der Waals surface area contributed by atoms with Crippen molar-refractivity contribution in [2.75, 3.05) is 31.1 Å². The van der Waals surface area contributed by atoms with Crippen LogP contribution in [0.4, 0.5) is 10.2 Å². The molecule has 0 spiro atoms. The van der Waals surface area contributed by atoms with Gasteiger partial charge in [0.2, 0.25) is 0 Å². The fourth-order valence-corrected chi connectivity index (χ4v) is 3.41. The van der Waals surface area contributed by atoms with E-state index in [1.807, 2.05) is 14.0 Å². The maximum Gasteiger partial charge on any atom is 0.256 e. The molecule has 4 rings (SSSR count). The molecule has 1 aliphatic rings. The van der Waals surface area contributed by atoms with Gasteiger partial charge in [-0.3, -0.25) is 9.48 Å². The molecule has 3 heterocycles. The van der Waals surface area contributed by atoms with E-state index >= 15 is 0 Å². The van der Waals surface area contributed by atoms with Gasteiger partial charge < -0.3 is 9.80 Å². The smallest absolute Gasteiger partial charge is 0.256 e. The molecule has 0 N–H and O–H groups in total. The van der Waals surface area contributed by atoms with Gasteiger partial charge in [-0.2, -0.15) is 5.10 Å². The number of hydrogen-bond acceptors (Lipinski definition) is 5. The zero-order valence-corrected chi connectivity index (χ0v) is 14.7. The molecule has 0 saturated carbocycles. The van der Waals surface area contributed by atoms with E-state index < -0.39 is 5.82 Å². The van der Waals surface area contributed by atoms with E-state index in [-0.39, 0.29) is 11.5 Å². The molecule has 0 aliphatic carbocycles. The van der Waals surface area contributed by atoms with E-state index in [1.54, 1.807) is 28.0 Å². The molecule has 2 aromatic heterocycles. The van der Waals surface area contributed by atoms with Gasteiger partial charge in [-0.1, -0.05) is 12.1 Å². The van der Waals surface area contributed by atoms with Crippen molar-refractivity contribution in [3.05, 3.63) is 47.7 Å². The number of piperazine rings is 1. The van der Waals surface area contributed by atoms with E-state index in [0.717, 1.165) is 22.5 Å². The highest BCUT2D eigenvalue weighted by molar-refractivity contribution is 5.94. The van der Waals surface area contributed by atoms with Gasteiger partial charge in [0.15, 0.2) is 5.82 Å². The van der Waals surface area contributed by atoms with E-state index in [2.05, 4.69) is 20.0 Å². The molecule has 7 nitrogen and oxygen atoms in total. The lowest BCUT2D eigenvalue weighted by Crippen LogP contribution is -2.49. The number of hydrogen-bond donors (Lipinski definition) is 0. The molecule has 134 valence electrons. The first-order chi connectivity index (χ1) is 12.6. The van der Waals surface area contributed by atoms with Gasteiger partial charge in [0.25, 0.3) is 5.91 Å². The second-order valence-corrected chi connectivity index (χ2v) is 6.36. The summed E-state index contributed by atoms with van der Waals surface area (Å²) in [6.07, 6.45) is 1.54. The van der Waals surface area contributed by atoms with Crippen LogP contribution in [0.1, 0.15) is 16.1 Å². The largest absolute Gasteiger partial charge is 0.351 e. The van der Waals surface area contributed by atoms with Gasteiger partial charge in [0.05, 0.1) is 11.3 Å². The van der Waals surface area contributed by atoms with Crippen LogP contribution in [0.5, 0.6) is 0 Å². The predicted molar refractivity (Wildman–Crippen MR) is 95.6 cm³/mol. The summed E-state index contributed by atoms with van der Waals surface area (Å²) in [5.41, 5.74) is 2.70. The van der Waals surface area contributed by atoms with Crippen LogP contribution in [0, 0.1) is 12.7 Å². The predicted octanol–water partition coefficient (Wildman–Crippen LogP) is 1.77. The van der Waals surface area contributed by atoms with Crippen LogP contribution >= 0.6 is 0 Å². The van der Waals surface area contributed by atoms with Crippen LogP contribution in [0.2, 0.25) is 0 Å². The van der Waals surface area contributed by atoms with Crippen LogP contribution in [0.15, 0.2) is 30.6 Å². The number of aryl methyl sites for hydroxylation is 2. The molecule has 26 heavy (non-hydrogen) atoms. The van der Waals surface area contributed by atoms with Crippen molar-refractivity contribution in [1.82, 2.24) is 24.6 Å². The Morgan fingerprint density at radius 1 is 1.12 bits per heavy atom. The molecule has 0 unspecified atom stereocenters. The third kappa shape index (κ3) is 2.67. The summed E-state index contributed by atoms with van der Waals surface area (Å²) in [4.78, 5) is 25.1. The number of fused-ring (bicyclic) bond motifs is 1. The Bertz CT molecular complexity index is 977. The summed E-state index contributed by atoms with van der Waals surface area (Å²) in [6, 6.07) is 6.09. The Morgan fingerprint density at radius 3 is 2.58 bits per heavy atom. The maximum absolute atomic E-state index is 13.9. The summed E-state index contributed by atoms with van der Waals surface area (Å²) < 4.78 is 15.7. The summed E-state index contributed by atoms with van der Waals surface area (Å²) >= 11 is 0. The Morgan fingerprint density at radius 2 is 1.85 bits per heavy atom. The molecule has 1 aliphatic heterocycles. The number of nitrogens with zero attached hydrogens (tertiary/aromatic N) is 6. The molecule has 1 saturated heterocycles. The Labute approximate surface area is 150 Å². The fourth-order valence-electron chi connectivity index (χ4n) is 3.41. The quantitative estimate of drug-likeness (QED) is 0.702. The van der Waals surface area contributed by atoms with Crippen molar-refractivity contribution in [3.8, 4) is 0 Å². The van der Waals surface area contributed by atoms with Gasteiger partial charge in [-0.05, 0) is 19.1 Å². The average Bonchev–Trinajstić information content (AvgIpc) is 2.96. The number of halogens is 1. The third-order valence-corrected chi connectivity index (χ3v) is 4.74. The van der Waals surface area contributed by atoms with Gasteiger partial charge in [-0.15, -0.1) is 0 Å². The number of amides is 1. The second-order valence-electron chi connectivity index (χ2n) is 6.36. The zero-order valence-electron chi connectivity index (χ0n) is 14.7. The van der Waals surface area contributed by atoms with E-state index in [4.69, 9.17) is 0 Å². The van der Waals surface area contributed by atoms with Crippen LogP contribution in [-0.2, 0) is 7.05 Å². The SMILES string of the molecule is Cc1nn(C)c2c(N3CCN(C(=O)c4ccccc4F)CC3)ncnc12. The Hall–Kier alpha value is -3.03. The minimum atomic E-state index is -0.484. The Balaban J connectivity index is 1.54. The second kappa shape index (κ2) is 6.36. The standard InChI is InChI=1S/C18H19FN6O/c1-12-15-16(23(2)22-12)17(21-11-20-15)24-7-9-25(10-8-24)18(26)13-5-3-4-6-14(13)19/h3-6,11H,7-10H2,1-2H3. The summed E-state index contributed by atoms with van der Waals surface area (Å²) in [6.45, 7) is 4.18. The first-order valence-corrected chi connectivity index (χ1v) is 8.49. The van der Waals surface area contributed by atoms with E-state index in [1.165, 1.54) is 12.1 Å². The molecule has 3 aromatic rings. The minimum absolute atomic E-state index is 0.118. The first kappa shape index (κ1) is 16.4. The molecule has 1 fully saturated rings. The van der Waals surface area contributed by atoms with Crippen LogP contribution < -0.4 is 4.90 Å². The zero-order chi connectivity index (χ0) is 18.3. The monoisotopic (exact) mass is 354 g/mol. The minimum Gasteiger partial charge on any atom is -0.351 e. The van der Waals surface area contributed by atoms with Gasteiger partial charge >= 0.3 is 0 Å². The molecule has 0 atom stereocenters. The molecule has 1 amide bonds. The molecular formula is C18H19FN6O. The lowest BCUT2D eigenvalue weighted by Gasteiger charge is -2.35.